The molecule has 0 amide bonds. The summed E-state index contributed by atoms with van der Waals surface area (Å²) in [6.07, 6.45) is 2.79. The minimum Gasteiger partial charge on any atom is -0.312 e. The first-order valence-electron chi connectivity index (χ1n) is 5.91. The molecule has 3 heterocycles. The highest BCUT2D eigenvalue weighted by Gasteiger charge is 2.14. The molecule has 3 aromatic rings. The Morgan fingerprint density at radius 3 is 2.94 bits per heavy atom. The summed E-state index contributed by atoms with van der Waals surface area (Å²) in [6, 6.07) is 10.9. The number of fused-ring (bicyclic) bond motifs is 1. The summed E-state index contributed by atoms with van der Waals surface area (Å²) in [7, 11) is 2.02. The summed E-state index contributed by atoms with van der Waals surface area (Å²) in [6.45, 7) is 0. The highest BCUT2D eigenvalue weighted by molar-refractivity contribution is 7.26. The monoisotopic (exact) mass is 274 g/mol. The van der Waals surface area contributed by atoms with Crippen LogP contribution in [0.5, 0.6) is 0 Å². The minimum absolute atomic E-state index is 0.351. The van der Waals surface area contributed by atoms with Crippen molar-refractivity contribution >= 4 is 32.1 Å². The second-order valence-corrected chi connectivity index (χ2v) is 6.23. The predicted molar refractivity (Wildman–Crippen MR) is 79.4 cm³/mol. The van der Waals surface area contributed by atoms with Crippen molar-refractivity contribution in [2.75, 3.05) is 7.05 Å². The van der Waals surface area contributed by atoms with Gasteiger partial charge in [0.05, 0.1) is 0 Å². The number of nitrogens with one attached hydrogen (secondary N) is 1. The molecule has 1 atom stereocenters. The number of hydrogen-bond acceptors (Lipinski definition) is 4. The molecule has 0 aromatic carbocycles. The molecule has 0 aliphatic heterocycles. The third kappa shape index (κ3) is 2.32. The van der Waals surface area contributed by atoms with E-state index >= 15 is 0 Å². The summed E-state index contributed by atoms with van der Waals surface area (Å²) in [5.74, 6) is 0. The molecule has 3 aromatic heterocycles. The van der Waals surface area contributed by atoms with Gasteiger partial charge in [-0.2, -0.15) is 0 Å². The third-order valence-corrected chi connectivity index (χ3v) is 5.20. The molecule has 0 saturated heterocycles. The zero-order valence-electron chi connectivity index (χ0n) is 10.1. The zero-order chi connectivity index (χ0) is 12.4. The third-order valence-electron chi connectivity index (χ3n) is 2.99. The fourth-order valence-electron chi connectivity index (χ4n) is 2.03. The standard InChI is InChI=1S/C14H14N2S2/c1-15-11(8-10-4-2-3-6-16-10)13-9-14-12(18-13)5-7-17-14/h2-7,9,11,15H,8H2,1H3. The van der Waals surface area contributed by atoms with Crippen molar-refractivity contribution in [2.24, 2.45) is 0 Å². The van der Waals surface area contributed by atoms with Crippen molar-refractivity contribution in [3.05, 3.63) is 52.5 Å². The fourth-order valence-corrected chi connectivity index (χ4v) is 4.26. The van der Waals surface area contributed by atoms with Crippen molar-refractivity contribution < 1.29 is 0 Å². The van der Waals surface area contributed by atoms with Gasteiger partial charge in [-0.15, -0.1) is 22.7 Å². The van der Waals surface area contributed by atoms with Crippen molar-refractivity contribution in [1.29, 1.82) is 0 Å². The van der Waals surface area contributed by atoms with Gasteiger partial charge in [-0.3, -0.25) is 4.98 Å². The van der Waals surface area contributed by atoms with Crippen LogP contribution in [0.3, 0.4) is 0 Å². The van der Waals surface area contributed by atoms with Gasteiger partial charge in [0, 0.05) is 38.6 Å². The van der Waals surface area contributed by atoms with Crippen LogP contribution in [0.15, 0.2) is 41.9 Å². The Hall–Kier alpha value is -1.23. The molecule has 3 rings (SSSR count). The number of nitrogens with zero attached hydrogens (tertiary/aromatic N) is 1. The minimum atomic E-state index is 0.351. The SMILES string of the molecule is CNC(Cc1ccccn1)c1cc2sccc2s1. The molecule has 4 heteroatoms. The van der Waals surface area contributed by atoms with Gasteiger partial charge < -0.3 is 5.32 Å². The average Bonchev–Trinajstić information content (AvgIpc) is 2.98. The van der Waals surface area contributed by atoms with Gasteiger partial charge in [-0.1, -0.05) is 6.07 Å². The van der Waals surface area contributed by atoms with E-state index in [1.165, 1.54) is 14.3 Å². The molecule has 0 radical (unpaired) electrons. The average molecular weight is 274 g/mol. The molecular formula is C14H14N2S2. The van der Waals surface area contributed by atoms with Gasteiger partial charge in [-0.25, -0.2) is 0 Å². The van der Waals surface area contributed by atoms with Crippen molar-refractivity contribution in [2.45, 2.75) is 12.5 Å². The van der Waals surface area contributed by atoms with E-state index in [0.717, 1.165) is 12.1 Å². The van der Waals surface area contributed by atoms with Gasteiger partial charge >= 0.3 is 0 Å². The van der Waals surface area contributed by atoms with E-state index in [4.69, 9.17) is 0 Å². The maximum Gasteiger partial charge on any atom is 0.0469 e. The summed E-state index contributed by atoms with van der Waals surface area (Å²) >= 11 is 3.69. The Labute approximate surface area is 114 Å². The Morgan fingerprint density at radius 2 is 2.22 bits per heavy atom. The number of pyridine rings is 1. The van der Waals surface area contributed by atoms with Crippen molar-refractivity contribution in [1.82, 2.24) is 10.3 Å². The molecule has 2 nitrogen and oxygen atoms in total. The summed E-state index contributed by atoms with van der Waals surface area (Å²) in [5, 5.41) is 5.54. The van der Waals surface area contributed by atoms with Crippen LogP contribution in [0.2, 0.25) is 0 Å². The molecule has 1 N–H and O–H groups in total. The molecule has 0 saturated carbocycles. The normalized spacial score (nSPS) is 12.9. The number of thiophene rings is 2. The van der Waals surface area contributed by atoms with Crippen LogP contribution in [-0.2, 0) is 6.42 Å². The number of likely N-dealkylation sites (N-methyl/N-ethyl adjacent to an activating group) is 1. The molecule has 0 bridgehead atoms. The molecular weight excluding hydrogens is 260 g/mol. The van der Waals surface area contributed by atoms with Crippen LogP contribution in [-0.4, -0.2) is 12.0 Å². The van der Waals surface area contributed by atoms with E-state index in [2.05, 4.69) is 33.9 Å². The van der Waals surface area contributed by atoms with Crippen molar-refractivity contribution in [3.8, 4) is 0 Å². The molecule has 0 aliphatic rings. The van der Waals surface area contributed by atoms with Crippen LogP contribution < -0.4 is 5.32 Å². The molecule has 0 fully saturated rings. The van der Waals surface area contributed by atoms with Crippen LogP contribution in [0.4, 0.5) is 0 Å². The molecule has 0 spiro atoms. The van der Waals surface area contributed by atoms with Crippen LogP contribution in [0, 0.1) is 0 Å². The van der Waals surface area contributed by atoms with Crippen molar-refractivity contribution in [3.63, 3.8) is 0 Å². The van der Waals surface area contributed by atoms with Gasteiger partial charge in [0.15, 0.2) is 0 Å². The van der Waals surface area contributed by atoms with E-state index in [1.807, 2.05) is 48.1 Å². The molecule has 92 valence electrons. The molecule has 1 unspecified atom stereocenters. The lowest BCUT2D eigenvalue weighted by molar-refractivity contribution is 0.594. The Morgan fingerprint density at radius 1 is 1.28 bits per heavy atom. The summed E-state index contributed by atoms with van der Waals surface area (Å²) in [4.78, 5) is 5.79. The van der Waals surface area contributed by atoms with Gasteiger partial charge in [0.2, 0.25) is 0 Å². The van der Waals surface area contributed by atoms with Gasteiger partial charge in [0.1, 0.15) is 0 Å². The van der Waals surface area contributed by atoms with Crippen LogP contribution >= 0.6 is 22.7 Å². The second kappa shape index (κ2) is 5.18. The Balaban J connectivity index is 1.86. The van der Waals surface area contributed by atoms with Crippen LogP contribution in [0.25, 0.3) is 9.40 Å². The van der Waals surface area contributed by atoms with Gasteiger partial charge in [-0.05, 0) is 36.7 Å². The smallest absolute Gasteiger partial charge is 0.0469 e. The lowest BCUT2D eigenvalue weighted by Crippen LogP contribution is -2.18. The van der Waals surface area contributed by atoms with E-state index in [0.29, 0.717) is 6.04 Å². The highest BCUT2D eigenvalue weighted by atomic mass is 32.1. The quantitative estimate of drug-likeness (QED) is 0.781. The first-order chi connectivity index (χ1) is 8.86. The Kier molecular flexibility index (Phi) is 3.41. The van der Waals surface area contributed by atoms with Crippen LogP contribution in [0.1, 0.15) is 16.6 Å². The first kappa shape index (κ1) is 11.8. The number of rotatable bonds is 4. The summed E-state index contributed by atoms with van der Waals surface area (Å²) < 4.78 is 2.77. The van der Waals surface area contributed by atoms with E-state index < -0.39 is 0 Å². The zero-order valence-corrected chi connectivity index (χ0v) is 11.7. The predicted octanol–water partition coefficient (Wildman–Crippen LogP) is 3.86. The van der Waals surface area contributed by atoms with E-state index in [1.54, 1.807) is 0 Å². The van der Waals surface area contributed by atoms with E-state index in [-0.39, 0.29) is 0 Å². The lowest BCUT2D eigenvalue weighted by Gasteiger charge is -2.13. The number of hydrogen-bond donors (Lipinski definition) is 1. The second-order valence-electron chi connectivity index (χ2n) is 4.16. The molecule has 18 heavy (non-hydrogen) atoms. The maximum atomic E-state index is 4.40. The fraction of sp³-hybridized carbons (Fsp3) is 0.214. The number of aromatic nitrogens is 1. The summed E-state index contributed by atoms with van der Waals surface area (Å²) in [5.41, 5.74) is 1.13. The highest BCUT2D eigenvalue weighted by Crippen LogP contribution is 2.34. The Bertz CT molecular complexity index is 599. The van der Waals surface area contributed by atoms with Gasteiger partial charge in [0.25, 0.3) is 0 Å². The first-order valence-corrected chi connectivity index (χ1v) is 7.60. The van der Waals surface area contributed by atoms with E-state index in [9.17, 15) is 0 Å². The maximum absolute atomic E-state index is 4.40. The molecule has 0 aliphatic carbocycles. The largest absolute Gasteiger partial charge is 0.312 e. The topological polar surface area (TPSA) is 24.9 Å². The lowest BCUT2D eigenvalue weighted by atomic mass is 10.1.